The molecule has 2 aromatic rings. The molecule has 10 heteroatoms. The smallest absolute Gasteiger partial charge is 0.274 e. The lowest BCUT2D eigenvalue weighted by molar-refractivity contribution is 0.0899. The van der Waals surface area contributed by atoms with Gasteiger partial charge < -0.3 is 20.3 Å². The molecule has 2 aliphatic heterocycles. The highest BCUT2D eigenvalue weighted by atomic mass is 35.5. The fraction of sp³-hybridized carbons (Fsp3) is 0.476. The van der Waals surface area contributed by atoms with Crippen LogP contribution in [0.1, 0.15) is 40.1 Å². The summed E-state index contributed by atoms with van der Waals surface area (Å²) in [5.41, 5.74) is 0.553. The molecular weight excluding hydrogens is 441 g/mol. The van der Waals surface area contributed by atoms with Gasteiger partial charge >= 0.3 is 0 Å². The monoisotopic (exact) mass is 465 g/mol. The van der Waals surface area contributed by atoms with Crippen LogP contribution >= 0.6 is 23.2 Å². The van der Waals surface area contributed by atoms with Gasteiger partial charge in [0.15, 0.2) is 5.69 Å². The second-order valence-corrected chi connectivity index (χ2v) is 8.79. The lowest BCUT2D eigenvalue weighted by atomic mass is 10.0. The lowest BCUT2D eigenvalue weighted by Crippen LogP contribution is -2.46. The molecule has 2 saturated heterocycles. The molecule has 1 atom stereocenters. The zero-order valence-electron chi connectivity index (χ0n) is 17.0. The number of hydrogen-bond donors (Lipinski definition) is 3. The summed E-state index contributed by atoms with van der Waals surface area (Å²) in [5, 5.41) is 12.8. The fourth-order valence-corrected chi connectivity index (χ4v) is 4.63. The van der Waals surface area contributed by atoms with Crippen molar-refractivity contribution in [3.8, 4) is 0 Å². The number of nitrogens with zero attached hydrogens (tertiary/aromatic N) is 2. The molecule has 4 rings (SSSR count). The normalized spacial score (nSPS) is 20.0. The van der Waals surface area contributed by atoms with Crippen LogP contribution in [-0.4, -0.2) is 65.8 Å². The Hall–Kier alpha value is -2.13. The van der Waals surface area contributed by atoms with Crippen LogP contribution in [0.5, 0.6) is 0 Å². The van der Waals surface area contributed by atoms with E-state index in [-0.39, 0.29) is 38.9 Å². The zero-order chi connectivity index (χ0) is 21.8. The van der Waals surface area contributed by atoms with Gasteiger partial charge in [0.25, 0.3) is 11.8 Å². The topological polar surface area (TPSA) is 99.3 Å². The molecule has 0 bridgehead atoms. The van der Waals surface area contributed by atoms with Crippen LogP contribution in [0, 0.1) is 5.92 Å². The summed E-state index contributed by atoms with van der Waals surface area (Å²) in [4.78, 5) is 27.8. The van der Waals surface area contributed by atoms with Crippen LogP contribution in [-0.2, 0) is 4.74 Å². The van der Waals surface area contributed by atoms with E-state index in [1.165, 1.54) is 6.20 Å². The zero-order valence-corrected chi connectivity index (χ0v) is 18.5. The highest BCUT2D eigenvalue weighted by Gasteiger charge is 2.26. The number of rotatable bonds is 6. The van der Waals surface area contributed by atoms with Crippen molar-refractivity contribution in [2.45, 2.75) is 25.3 Å². The Labute approximate surface area is 190 Å². The van der Waals surface area contributed by atoms with Crippen molar-refractivity contribution in [2.75, 3.05) is 38.2 Å². The third-order valence-corrected chi connectivity index (χ3v) is 6.39. The van der Waals surface area contributed by atoms with Gasteiger partial charge in [-0.3, -0.25) is 14.7 Å². The second-order valence-electron chi connectivity index (χ2n) is 7.98. The number of halogens is 2. The molecule has 0 saturated carbocycles. The second kappa shape index (κ2) is 9.99. The molecule has 31 heavy (non-hydrogen) atoms. The quantitative estimate of drug-likeness (QED) is 0.608. The van der Waals surface area contributed by atoms with Crippen molar-refractivity contribution in [1.82, 2.24) is 20.4 Å². The van der Waals surface area contributed by atoms with Gasteiger partial charge in [-0.2, -0.15) is 5.10 Å². The van der Waals surface area contributed by atoms with E-state index in [1.807, 2.05) is 0 Å². The van der Waals surface area contributed by atoms with Gasteiger partial charge in [-0.15, -0.1) is 0 Å². The Morgan fingerprint density at radius 2 is 1.90 bits per heavy atom. The Morgan fingerprint density at radius 3 is 2.58 bits per heavy atom. The van der Waals surface area contributed by atoms with Gasteiger partial charge in [-0.1, -0.05) is 29.3 Å². The van der Waals surface area contributed by atoms with E-state index in [2.05, 4.69) is 25.7 Å². The molecule has 3 heterocycles. The van der Waals surface area contributed by atoms with Crippen molar-refractivity contribution < 1.29 is 14.3 Å². The number of hydrogen-bond acceptors (Lipinski definition) is 5. The number of carbonyl (C=O) groups is 2. The minimum Gasteiger partial charge on any atom is -0.381 e. The predicted molar refractivity (Wildman–Crippen MR) is 119 cm³/mol. The molecule has 1 aromatic heterocycles. The SMILES string of the molecule is O=C(NC1CCN(CC2CCOC2)CC1)c1n[nH]cc1NC(=O)c1c(Cl)cccc1Cl. The van der Waals surface area contributed by atoms with Crippen molar-refractivity contribution in [2.24, 2.45) is 5.92 Å². The number of carbonyl (C=O) groups excluding carboxylic acids is 2. The molecular formula is C21H25Cl2N5O3. The van der Waals surface area contributed by atoms with Crippen LogP contribution in [0.2, 0.25) is 10.0 Å². The van der Waals surface area contributed by atoms with E-state index in [0.29, 0.717) is 5.92 Å². The number of anilines is 1. The third-order valence-electron chi connectivity index (χ3n) is 5.76. The molecule has 1 aromatic carbocycles. The molecule has 0 spiro atoms. The van der Waals surface area contributed by atoms with Crippen LogP contribution < -0.4 is 10.6 Å². The molecule has 2 fully saturated rings. The first-order chi connectivity index (χ1) is 15.0. The minimum absolute atomic E-state index is 0.0711. The van der Waals surface area contributed by atoms with Crippen LogP contribution in [0.3, 0.4) is 0 Å². The molecule has 0 aliphatic carbocycles. The average Bonchev–Trinajstić information content (AvgIpc) is 3.41. The Kier molecular flexibility index (Phi) is 7.12. The fourth-order valence-electron chi connectivity index (χ4n) is 4.06. The molecule has 0 radical (unpaired) electrons. The summed E-state index contributed by atoms with van der Waals surface area (Å²) in [6.07, 6.45) is 4.34. The van der Waals surface area contributed by atoms with E-state index in [9.17, 15) is 9.59 Å². The number of H-pyrrole nitrogens is 1. The van der Waals surface area contributed by atoms with E-state index >= 15 is 0 Å². The summed E-state index contributed by atoms with van der Waals surface area (Å²) in [6, 6.07) is 4.89. The van der Waals surface area contributed by atoms with Crippen LogP contribution in [0.25, 0.3) is 0 Å². The third kappa shape index (κ3) is 5.38. The standard InChI is InChI=1S/C21H25Cl2N5O3/c22-15-2-1-3-16(23)18(15)20(29)26-17-10-24-27-19(17)21(30)25-14-4-7-28(8-5-14)11-13-6-9-31-12-13/h1-3,10,13-14H,4-9,11-12H2,(H,24,27)(H,25,30)(H,26,29). The number of piperidine rings is 1. The van der Waals surface area contributed by atoms with Crippen LogP contribution in [0.4, 0.5) is 5.69 Å². The number of likely N-dealkylation sites (tertiary alicyclic amines) is 1. The maximum atomic E-state index is 12.8. The lowest BCUT2D eigenvalue weighted by Gasteiger charge is -2.33. The molecule has 166 valence electrons. The van der Waals surface area contributed by atoms with Gasteiger partial charge in [-0.25, -0.2) is 0 Å². The van der Waals surface area contributed by atoms with Crippen molar-refractivity contribution in [3.05, 3.63) is 45.7 Å². The number of aromatic nitrogens is 2. The van der Waals surface area contributed by atoms with Crippen LogP contribution in [0.15, 0.2) is 24.4 Å². The van der Waals surface area contributed by atoms with E-state index < -0.39 is 5.91 Å². The average molecular weight is 466 g/mol. The van der Waals surface area contributed by atoms with E-state index in [4.69, 9.17) is 27.9 Å². The maximum Gasteiger partial charge on any atom is 0.274 e. The van der Waals surface area contributed by atoms with Gasteiger partial charge in [0.1, 0.15) is 0 Å². The highest BCUT2D eigenvalue weighted by molar-refractivity contribution is 6.40. The number of nitrogens with one attached hydrogen (secondary N) is 3. The molecule has 3 N–H and O–H groups in total. The van der Waals surface area contributed by atoms with E-state index in [0.717, 1.165) is 52.1 Å². The summed E-state index contributed by atoms with van der Waals surface area (Å²) in [5.74, 6) is -0.215. The number of ether oxygens (including phenoxy) is 1. The minimum atomic E-state index is -0.504. The molecule has 2 amide bonds. The van der Waals surface area contributed by atoms with Gasteiger partial charge in [0, 0.05) is 38.5 Å². The first-order valence-corrected chi connectivity index (χ1v) is 11.2. The molecule has 2 aliphatic rings. The van der Waals surface area contributed by atoms with Crippen molar-refractivity contribution in [3.63, 3.8) is 0 Å². The highest BCUT2D eigenvalue weighted by Crippen LogP contribution is 2.26. The largest absolute Gasteiger partial charge is 0.381 e. The number of amides is 2. The van der Waals surface area contributed by atoms with Crippen molar-refractivity contribution in [1.29, 1.82) is 0 Å². The number of benzene rings is 1. The van der Waals surface area contributed by atoms with E-state index in [1.54, 1.807) is 18.2 Å². The van der Waals surface area contributed by atoms with Gasteiger partial charge in [0.2, 0.25) is 0 Å². The number of aromatic amines is 1. The van der Waals surface area contributed by atoms with Gasteiger partial charge in [0.05, 0.1) is 27.9 Å². The van der Waals surface area contributed by atoms with Crippen molar-refractivity contribution >= 4 is 40.7 Å². The Balaban J connectivity index is 1.32. The predicted octanol–water partition coefficient (Wildman–Crippen LogP) is 3.20. The first-order valence-electron chi connectivity index (χ1n) is 10.4. The first kappa shape index (κ1) is 22.1. The maximum absolute atomic E-state index is 12.8. The van der Waals surface area contributed by atoms with Gasteiger partial charge in [-0.05, 0) is 37.3 Å². The summed E-state index contributed by atoms with van der Waals surface area (Å²) >= 11 is 12.2. The molecule has 8 nitrogen and oxygen atoms in total. The summed E-state index contributed by atoms with van der Waals surface area (Å²) < 4.78 is 5.46. The Bertz CT molecular complexity index is 917. The summed E-state index contributed by atoms with van der Waals surface area (Å²) in [7, 11) is 0. The summed E-state index contributed by atoms with van der Waals surface area (Å²) in [6.45, 7) is 4.65. The Morgan fingerprint density at radius 1 is 1.16 bits per heavy atom. The molecule has 1 unspecified atom stereocenters.